The summed E-state index contributed by atoms with van der Waals surface area (Å²) in [7, 11) is 0. The topological polar surface area (TPSA) is 76.4 Å². The molecule has 1 unspecified atom stereocenters. The highest BCUT2D eigenvalue weighted by Gasteiger charge is 2.08. The van der Waals surface area contributed by atoms with Gasteiger partial charge in [-0.1, -0.05) is 31.1 Å². The molecule has 1 atom stereocenters. The van der Waals surface area contributed by atoms with Crippen LogP contribution in [0.4, 0.5) is 5.69 Å². The van der Waals surface area contributed by atoms with E-state index in [-0.39, 0.29) is 0 Å². The van der Waals surface area contributed by atoms with Gasteiger partial charge in [-0.3, -0.25) is 4.99 Å². The molecule has 0 aliphatic heterocycles. The van der Waals surface area contributed by atoms with Crippen molar-refractivity contribution in [1.29, 1.82) is 0 Å². The summed E-state index contributed by atoms with van der Waals surface area (Å²) in [6, 6.07) is 8.34. The second-order valence-electron chi connectivity index (χ2n) is 5.88. The minimum absolute atomic E-state index is 0.424. The predicted octanol–water partition coefficient (Wildman–Crippen LogP) is 3.77. The largest absolute Gasteiger partial charge is 0.370 e. The van der Waals surface area contributed by atoms with Gasteiger partial charge in [0.2, 0.25) is 0 Å². The van der Waals surface area contributed by atoms with Crippen LogP contribution in [0.5, 0.6) is 0 Å². The van der Waals surface area contributed by atoms with E-state index >= 15 is 0 Å². The van der Waals surface area contributed by atoms with Crippen LogP contribution in [-0.4, -0.2) is 17.7 Å². The maximum absolute atomic E-state index is 5.95. The lowest BCUT2D eigenvalue weighted by Crippen LogP contribution is -2.23. The lowest BCUT2D eigenvalue weighted by molar-refractivity contribution is 0.392. The van der Waals surface area contributed by atoms with Gasteiger partial charge in [-0.15, -0.1) is 0 Å². The molecule has 0 fully saturated rings. The van der Waals surface area contributed by atoms with Crippen molar-refractivity contribution in [3.05, 3.63) is 46.8 Å². The van der Waals surface area contributed by atoms with Crippen molar-refractivity contribution >= 4 is 11.6 Å². The zero-order chi connectivity index (χ0) is 16.8. The SMILES string of the molecule is CCC(C)c1ccc(NC(N)=NCCc2c(C)noc2C)cc1. The maximum Gasteiger partial charge on any atom is 0.193 e. The van der Waals surface area contributed by atoms with Gasteiger partial charge in [-0.2, -0.15) is 0 Å². The summed E-state index contributed by atoms with van der Waals surface area (Å²) in [5, 5.41) is 7.06. The monoisotopic (exact) mass is 314 g/mol. The first kappa shape index (κ1) is 17.1. The van der Waals surface area contributed by atoms with Gasteiger partial charge >= 0.3 is 0 Å². The quantitative estimate of drug-likeness (QED) is 0.628. The van der Waals surface area contributed by atoms with E-state index in [9.17, 15) is 0 Å². The zero-order valence-electron chi connectivity index (χ0n) is 14.4. The van der Waals surface area contributed by atoms with E-state index in [1.807, 2.05) is 26.0 Å². The van der Waals surface area contributed by atoms with Gasteiger partial charge in [0, 0.05) is 17.8 Å². The number of aromatic nitrogens is 1. The van der Waals surface area contributed by atoms with E-state index in [0.29, 0.717) is 18.4 Å². The summed E-state index contributed by atoms with van der Waals surface area (Å²) in [5.41, 5.74) is 10.3. The van der Waals surface area contributed by atoms with Crippen molar-refractivity contribution in [3.63, 3.8) is 0 Å². The van der Waals surface area contributed by atoms with Gasteiger partial charge in [0.15, 0.2) is 5.96 Å². The molecule has 0 aliphatic carbocycles. The summed E-state index contributed by atoms with van der Waals surface area (Å²) in [4.78, 5) is 4.36. The lowest BCUT2D eigenvalue weighted by atomic mass is 9.99. The molecular formula is C18H26N4O. The van der Waals surface area contributed by atoms with Crippen LogP contribution in [-0.2, 0) is 6.42 Å². The van der Waals surface area contributed by atoms with Crippen molar-refractivity contribution in [2.24, 2.45) is 10.7 Å². The number of nitrogens with zero attached hydrogens (tertiary/aromatic N) is 2. The molecule has 0 aliphatic rings. The minimum Gasteiger partial charge on any atom is -0.370 e. The molecule has 1 aromatic heterocycles. The number of nitrogens with two attached hydrogens (primary N) is 1. The summed E-state index contributed by atoms with van der Waals surface area (Å²) in [6.45, 7) is 8.88. The summed E-state index contributed by atoms with van der Waals surface area (Å²) < 4.78 is 5.14. The number of hydrogen-bond acceptors (Lipinski definition) is 3. The normalized spacial score (nSPS) is 13.1. The summed E-state index contributed by atoms with van der Waals surface area (Å²) >= 11 is 0. The first-order valence-electron chi connectivity index (χ1n) is 8.10. The Labute approximate surface area is 138 Å². The molecule has 0 saturated heterocycles. The first-order valence-corrected chi connectivity index (χ1v) is 8.10. The number of guanidine groups is 1. The Morgan fingerprint density at radius 1 is 1.30 bits per heavy atom. The van der Waals surface area contributed by atoms with Crippen LogP contribution in [0.25, 0.3) is 0 Å². The highest BCUT2D eigenvalue weighted by Crippen LogP contribution is 2.20. The number of anilines is 1. The Bertz CT molecular complexity index is 639. The van der Waals surface area contributed by atoms with E-state index in [4.69, 9.17) is 10.3 Å². The van der Waals surface area contributed by atoms with Gasteiger partial charge in [-0.05, 0) is 50.3 Å². The highest BCUT2D eigenvalue weighted by molar-refractivity contribution is 5.92. The van der Waals surface area contributed by atoms with E-state index in [2.05, 4.69) is 41.4 Å². The molecule has 2 aromatic rings. The highest BCUT2D eigenvalue weighted by atomic mass is 16.5. The van der Waals surface area contributed by atoms with E-state index in [0.717, 1.165) is 35.5 Å². The van der Waals surface area contributed by atoms with Crippen LogP contribution in [0.15, 0.2) is 33.8 Å². The Hall–Kier alpha value is -2.30. The van der Waals surface area contributed by atoms with Crippen LogP contribution in [0.3, 0.4) is 0 Å². The fraction of sp³-hybridized carbons (Fsp3) is 0.444. The van der Waals surface area contributed by atoms with E-state index < -0.39 is 0 Å². The van der Waals surface area contributed by atoms with E-state index in [1.54, 1.807) is 0 Å². The molecule has 5 nitrogen and oxygen atoms in total. The molecule has 0 radical (unpaired) electrons. The Morgan fingerprint density at radius 3 is 2.57 bits per heavy atom. The third-order valence-electron chi connectivity index (χ3n) is 4.19. The smallest absolute Gasteiger partial charge is 0.193 e. The van der Waals surface area contributed by atoms with Crippen molar-refractivity contribution < 1.29 is 4.52 Å². The fourth-order valence-electron chi connectivity index (χ4n) is 2.47. The van der Waals surface area contributed by atoms with Crippen LogP contribution >= 0.6 is 0 Å². The molecule has 0 amide bonds. The molecule has 124 valence electrons. The molecule has 3 N–H and O–H groups in total. The third kappa shape index (κ3) is 4.58. The number of rotatable bonds is 6. The number of nitrogens with one attached hydrogen (secondary N) is 1. The van der Waals surface area contributed by atoms with Crippen LogP contribution in [0.1, 0.15) is 48.8 Å². The van der Waals surface area contributed by atoms with Crippen molar-refractivity contribution in [3.8, 4) is 0 Å². The molecule has 0 spiro atoms. The number of aryl methyl sites for hydroxylation is 2. The molecule has 0 bridgehead atoms. The number of hydrogen-bond donors (Lipinski definition) is 2. The molecular weight excluding hydrogens is 288 g/mol. The van der Waals surface area contributed by atoms with Gasteiger partial charge in [0.25, 0.3) is 0 Å². The lowest BCUT2D eigenvalue weighted by Gasteiger charge is -2.10. The van der Waals surface area contributed by atoms with Crippen molar-refractivity contribution in [1.82, 2.24) is 5.16 Å². The Kier molecular flexibility index (Phi) is 5.79. The van der Waals surface area contributed by atoms with Crippen molar-refractivity contribution in [2.75, 3.05) is 11.9 Å². The Balaban J connectivity index is 1.89. The van der Waals surface area contributed by atoms with Gasteiger partial charge < -0.3 is 15.6 Å². The molecule has 1 heterocycles. The second-order valence-corrected chi connectivity index (χ2v) is 5.88. The van der Waals surface area contributed by atoms with Crippen LogP contribution in [0.2, 0.25) is 0 Å². The zero-order valence-corrected chi connectivity index (χ0v) is 14.4. The maximum atomic E-state index is 5.95. The standard InChI is InChI=1S/C18H26N4O/c1-5-12(2)15-6-8-16(9-7-15)21-18(19)20-11-10-17-13(3)22-23-14(17)4/h6-9,12H,5,10-11H2,1-4H3,(H3,19,20,21). The van der Waals surface area contributed by atoms with Crippen molar-refractivity contribution in [2.45, 2.75) is 46.5 Å². The van der Waals surface area contributed by atoms with Gasteiger partial charge in [0.1, 0.15) is 5.76 Å². The van der Waals surface area contributed by atoms with Gasteiger partial charge in [0.05, 0.1) is 5.69 Å². The molecule has 1 aromatic carbocycles. The van der Waals surface area contributed by atoms with Gasteiger partial charge in [-0.25, -0.2) is 0 Å². The predicted molar refractivity (Wildman–Crippen MR) is 94.9 cm³/mol. The molecule has 2 rings (SSSR count). The third-order valence-corrected chi connectivity index (χ3v) is 4.19. The molecule has 5 heteroatoms. The fourth-order valence-corrected chi connectivity index (χ4v) is 2.47. The number of aliphatic imine (C=N–C) groups is 1. The molecule has 23 heavy (non-hydrogen) atoms. The minimum atomic E-state index is 0.424. The first-order chi connectivity index (χ1) is 11.0. The summed E-state index contributed by atoms with van der Waals surface area (Å²) in [5.74, 6) is 1.85. The average Bonchev–Trinajstić information content (AvgIpc) is 2.86. The van der Waals surface area contributed by atoms with E-state index in [1.165, 1.54) is 5.56 Å². The average molecular weight is 314 g/mol. The van der Waals surface area contributed by atoms with Crippen LogP contribution < -0.4 is 11.1 Å². The summed E-state index contributed by atoms with van der Waals surface area (Å²) in [6.07, 6.45) is 1.91. The second kappa shape index (κ2) is 7.81. The van der Waals surface area contributed by atoms with Crippen LogP contribution in [0, 0.1) is 13.8 Å². The molecule has 0 saturated carbocycles. The Morgan fingerprint density at radius 2 is 2.00 bits per heavy atom. The number of benzene rings is 1.